The molecule has 2 aliphatic heterocycles. The minimum atomic E-state index is 0.111. The van der Waals surface area contributed by atoms with Crippen molar-refractivity contribution in [2.45, 2.75) is 25.2 Å². The standard InChI is InChI=1S/C29H30N4O/c1-32-12-9-21(10-13-32)19-3-5-20(6-4-19)24-16-26-27(18-31-28(26)30-17-24)22-7-8-25-23(15-22)11-14-33(2)29(25)34/h3-8,15-18,21H,9-14H2,1-2H3,(H,30,31). The Bertz CT molecular complexity index is 1360. The van der Waals surface area contributed by atoms with Crippen LogP contribution in [0.3, 0.4) is 0 Å². The van der Waals surface area contributed by atoms with E-state index in [4.69, 9.17) is 4.98 Å². The highest BCUT2D eigenvalue weighted by Crippen LogP contribution is 2.34. The van der Waals surface area contributed by atoms with Crippen molar-refractivity contribution in [3.8, 4) is 22.3 Å². The van der Waals surface area contributed by atoms with E-state index < -0.39 is 0 Å². The number of aromatic nitrogens is 2. The number of hydrogen-bond donors (Lipinski definition) is 1. The van der Waals surface area contributed by atoms with E-state index >= 15 is 0 Å². The average Bonchev–Trinajstić information content (AvgIpc) is 3.30. The third-order valence-electron chi connectivity index (χ3n) is 7.67. The molecule has 0 saturated carbocycles. The number of rotatable bonds is 3. The summed E-state index contributed by atoms with van der Waals surface area (Å²) < 4.78 is 0. The Hall–Kier alpha value is -3.44. The summed E-state index contributed by atoms with van der Waals surface area (Å²) in [6.07, 6.45) is 7.34. The highest BCUT2D eigenvalue weighted by Gasteiger charge is 2.22. The molecule has 1 amide bonds. The average molecular weight is 451 g/mol. The fourth-order valence-corrected chi connectivity index (χ4v) is 5.46. The van der Waals surface area contributed by atoms with Crippen LogP contribution in [0.1, 0.15) is 40.2 Å². The first-order chi connectivity index (χ1) is 16.6. The molecular formula is C29H30N4O. The monoisotopic (exact) mass is 450 g/mol. The van der Waals surface area contributed by atoms with Gasteiger partial charge in [-0.05, 0) is 79.7 Å². The molecule has 172 valence electrons. The Morgan fingerprint density at radius 2 is 1.65 bits per heavy atom. The number of carbonyl (C=O) groups is 1. The van der Waals surface area contributed by atoms with Gasteiger partial charge >= 0.3 is 0 Å². The summed E-state index contributed by atoms with van der Waals surface area (Å²) in [6, 6.07) is 17.5. The minimum Gasteiger partial charge on any atom is -0.346 e. The number of pyridine rings is 1. The van der Waals surface area contributed by atoms with Crippen LogP contribution in [0.5, 0.6) is 0 Å². The number of amides is 1. The van der Waals surface area contributed by atoms with E-state index in [0.29, 0.717) is 5.92 Å². The molecule has 0 bridgehead atoms. The number of nitrogens with zero attached hydrogens (tertiary/aromatic N) is 3. The van der Waals surface area contributed by atoms with Crippen molar-refractivity contribution in [1.29, 1.82) is 0 Å². The van der Waals surface area contributed by atoms with Crippen molar-refractivity contribution in [3.63, 3.8) is 0 Å². The van der Waals surface area contributed by atoms with Gasteiger partial charge in [0.25, 0.3) is 5.91 Å². The summed E-state index contributed by atoms with van der Waals surface area (Å²) in [5, 5.41) is 1.11. The summed E-state index contributed by atoms with van der Waals surface area (Å²) in [5.74, 6) is 0.775. The molecule has 4 aromatic rings. The first-order valence-electron chi connectivity index (χ1n) is 12.2. The van der Waals surface area contributed by atoms with Crippen LogP contribution in [0.15, 0.2) is 60.9 Å². The van der Waals surface area contributed by atoms with E-state index in [0.717, 1.165) is 51.8 Å². The molecule has 2 aromatic heterocycles. The molecule has 5 heteroatoms. The van der Waals surface area contributed by atoms with Gasteiger partial charge in [0.15, 0.2) is 0 Å². The van der Waals surface area contributed by atoms with Gasteiger partial charge in [-0.25, -0.2) is 4.98 Å². The van der Waals surface area contributed by atoms with Crippen LogP contribution in [0, 0.1) is 0 Å². The van der Waals surface area contributed by atoms with Crippen molar-refractivity contribution in [2.75, 3.05) is 33.7 Å². The number of hydrogen-bond acceptors (Lipinski definition) is 3. The molecule has 0 atom stereocenters. The smallest absolute Gasteiger partial charge is 0.253 e. The number of fused-ring (bicyclic) bond motifs is 2. The quantitative estimate of drug-likeness (QED) is 0.459. The number of carbonyl (C=O) groups excluding carboxylic acids is 1. The molecule has 4 heterocycles. The predicted molar refractivity (Wildman–Crippen MR) is 137 cm³/mol. The number of H-pyrrole nitrogens is 1. The van der Waals surface area contributed by atoms with Crippen LogP contribution in [0.25, 0.3) is 33.3 Å². The predicted octanol–water partition coefficient (Wildman–Crippen LogP) is 5.33. The van der Waals surface area contributed by atoms with Crippen molar-refractivity contribution < 1.29 is 4.79 Å². The Labute approximate surface area is 200 Å². The molecule has 2 aromatic carbocycles. The van der Waals surface area contributed by atoms with Gasteiger partial charge < -0.3 is 14.8 Å². The van der Waals surface area contributed by atoms with Gasteiger partial charge in [-0.15, -0.1) is 0 Å². The van der Waals surface area contributed by atoms with E-state index in [1.165, 1.54) is 37.1 Å². The fraction of sp³-hybridized carbons (Fsp3) is 0.310. The van der Waals surface area contributed by atoms with Gasteiger partial charge in [0.05, 0.1) is 0 Å². The number of aromatic amines is 1. The molecule has 6 rings (SSSR count). The minimum absolute atomic E-state index is 0.111. The Morgan fingerprint density at radius 1 is 0.882 bits per heavy atom. The second-order valence-electron chi connectivity index (χ2n) is 9.87. The van der Waals surface area contributed by atoms with E-state index in [2.05, 4.69) is 59.4 Å². The van der Waals surface area contributed by atoms with Crippen LogP contribution in [0.2, 0.25) is 0 Å². The summed E-state index contributed by atoms with van der Waals surface area (Å²) >= 11 is 0. The van der Waals surface area contributed by atoms with Crippen LogP contribution in [-0.4, -0.2) is 59.4 Å². The number of likely N-dealkylation sites (tertiary alicyclic amines) is 1. The van der Waals surface area contributed by atoms with Gasteiger partial charge in [0, 0.05) is 48.1 Å². The zero-order valence-corrected chi connectivity index (χ0v) is 19.8. The van der Waals surface area contributed by atoms with Gasteiger partial charge in [-0.3, -0.25) is 4.79 Å². The zero-order chi connectivity index (χ0) is 23.2. The van der Waals surface area contributed by atoms with Crippen LogP contribution in [-0.2, 0) is 6.42 Å². The lowest BCUT2D eigenvalue weighted by atomic mass is 9.88. The molecule has 1 saturated heterocycles. The first-order valence-corrected chi connectivity index (χ1v) is 12.2. The van der Waals surface area contributed by atoms with Crippen LogP contribution < -0.4 is 0 Å². The number of piperidine rings is 1. The molecule has 0 radical (unpaired) electrons. The van der Waals surface area contributed by atoms with E-state index in [-0.39, 0.29) is 5.91 Å². The van der Waals surface area contributed by atoms with Crippen LogP contribution >= 0.6 is 0 Å². The number of benzene rings is 2. The Balaban J connectivity index is 1.31. The topological polar surface area (TPSA) is 52.2 Å². The lowest BCUT2D eigenvalue weighted by Gasteiger charge is -2.29. The Kier molecular flexibility index (Phi) is 5.22. The maximum Gasteiger partial charge on any atom is 0.253 e. The summed E-state index contributed by atoms with van der Waals surface area (Å²) in [7, 11) is 4.08. The zero-order valence-electron chi connectivity index (χ0n) is 19.8. The third-order valence-corrected chi connectivity index (χ3v) is 7.67. The van der Waals surface area contributed by atoms with Crippen LogP contribution in [0.4, 0.5) is 0 Å². The second-order valence-corrected chi connectivity index (χ2v) is 9.87. The molecule has 1 N–H and O–H groups in total. The van der Waals surface area contributed by atoms with Gasteiger partial charge in [0.1, 0.15) is 5.65 Å². The molecule has 0 spiro atoms. The summed E-state index contributed by atoms with van der Waals surface area (Å²) in [5.41, 5.74) is 8.85. The van der Waals surface area contributed by atoms with Crippen molar-refractivity contribution >= 4 is 16.9 Å². The molecule has 0 aliphatic carbocycles. The number of likely N-dealkylation sites (N-methyl/N-ethyl adjacent to an activating group) is 1. The van der Waals surface area contributed by atoms with Crippen molar-refractivity contribution in [2.24, 2.45) is 0 Å². The maximum absolute atomic E-state index is 12.5. The van der Waals surface area contributed by atoms with Crippen molar-refractivity contribution in [3.05, 3.63) is 77.6 Å². The van der Waals surface area contributed by atoms with E-state index in [9.17, 15) is 4.79 Å². The van der Waals surface area contributed by atoms with E-state index in [1.807, 2.05) is 25.5 Å². The SMILES string of the molecule is CN1CCC(c2ccc(-c3cnc4[nH]cc(-c5ccc6c(c5)CCN(C)C6=O)c4c3)cc2)CC1. The number of nitrogens with one attached hydrogen (secondary N) is 1. The molecule has 0 unspecified atom stereocenters. The molecule has 5 nitrogen and oxygen atoms in total. The fourth-order valence-electron chi connectivity index (χ4n) is 5.46. The molecule has 2 aliphatic rings. The largest absolute Gasteiger partial charge is 0.346 e. The summed E-state index contributed by atoms with van der Waals surface area (Å²) in [4.78, 5) is 24.7. The summed E-state index contributed by atoms with van der Waals surface area (Å²) in [6.45, 7) is 3.12. The van der Waals surface area contributed by atoms with Crippen molar-refractivity contribution in [1.82, 2.24) is 19.8 Å². The first kappa shape index (κ1) is 21.1. The molecule has 1 fully saturated rings. The molecule has 34 heavy (non-hydrogen) atoms. The lowest BCUT2D eigenvalue weighted by molar-refractivity contribution is 0.0781. The lowest BCUT2D eigenvalue weighted by Crippen LogP contribution is -2.34. The highest BCUT2D eigenvalue weighted by atomic mass is 16.2. The van der Waals surface area contributed by atoms with E-state index in [1.54, 1.807) is 4.90 Å². The molecular weight excluding hydrogens is 420 g/mol. The van der Waals surface area contributed by atoms with Gasteiger partial charge in [0.2, 0.25) is 0 Å². The van der Waals surface area contributed by atoms with Gasteiger partial charge in [-0.1, -0.05) is 36.4 Å². The Morgan fingerprint density at radius 3 is 2.44 bits per heavy atom. The third kappa shape index (κ3) is 3.70. The maximum atomic E-state index is 12.5. The second kappa shape index (κ2) is 8.41. The van der Waals surface area contributed by atoms with Gasteiger partial charge in [-0.2, -0.15) is 0 Å². The normalized spacial score (nSPS) is 17.4. The highest BCUT2D eigenvalue weighted by molar-refractivity contribution is 5.99.